The third kappa shape index (κ3) is 4.78. The van der Waals surface area contributed by atoms with Crippen LogP contribution in [0.25, 0.3) is 0 Å². The van der Waals surface area contributed by atoms with Gasteiger partial charge in [-0.1, -0.05) is 35.9 Å². The fourth-order valence-corrected chi connectivity index (χ4v) is 5.22. The lowest BCUT2D eigenvalue weighted by atomic mass is 10.0. The molecule has 0 spiro atoms. The number of halogens is 1. The Labute approximate surface area is 196 Å². The van der Waals surface area contributed by atoms with Gasteiger partial charge < -0.3 is 9.47 Å². The van der Waals surface area contributed by atoms with Gasteiger partial charge in [0.05, 0.1) is 28.2 Å². The second kappa shape index (κ2) is 9.35. The van der Waals surface area contributed by atoms with E-state index in [1.165, 1.54) is 53.9 Å². The minimum atomic E-state index is -3.85. The Balaban J connectivity index is 1.56. The molecule has 1 heterocycles. The van der Waals surface area contributed by atoms with Crippen LogP contribution < -0.4 is 4.74 Å². The molecule has 9 heteroatoms. The summed E-state index contributed by atoms with van der Waals surface area (Å²) in [6.07, 6.45) is 0.611. The van der Waals surface area contributed by atoms with Gasteiger partial charge in [0.2, 0.25) is 10.0 Å². The highest BCUT2D eigenvalue weighted by atomic mass is 35.5. The molecule has 0 radical (unpaired) electrons. The van der Waals surface area contributed by atoms with Crippen LogP contribution >= 0.6 is 11.6 Å². The number of esters is 2. The minimum absolute atomic E-state index is 0.0423. The van der Waals surface area contributed by atoms with Crippen LogP contribution in [0.1, 0.15) is 31.8 Å². The van der Waals surface area contributed by atoms with E-state index in [1.54, 1.807) is 0 Å². The van der Waals surface area contributed by atoms with Gasteiger partial charge in [-0.15, -0.1) is 0 Å². The number of rotatable bonds is 5. The molecular weight excluding hydrogens is 466 g/mol. The molecule has 0 aliphatic carbocycles. The van der Waals surface area contributed by atoms with E-state index in [1.807, 2.05) is 24.3 Å². The number of carbonyl (C=O) groups excluding carboxylic acids is 2. The molecular formula is C24H20ClNO6S. The lowest BCUT2D eigenvalue weighted by Gasteiger charge is -2.28. The van der Waals surface area contributed by atoms with Gasteiger partial charge in [-0.3, -0.25) is 0 Å². The van der Waals surface area contributed by atoms with Crippen molar-refractivity contribution in [1.82, 2.24) is 4.31 Å². The number of benzene rings is 3. The van der Waals surface area contributed by atoms with Gasteiger partial charge >= 0.3 is 11.9 Å². The van der Waals surface area contributed by atoms with Gasteiger partial charge in [-0.05, 0) is 60.0 Å². The number of carbonyl (C=O) groups is 2. The van der Waals surface area contributed by atoms with E-state index >= 15 is 0 Å². The summed E-state index contributed by atoms with van der Waals surface area (Å²) in [5.41, 5.74) is 2.30. The molecule has 0 fully saturated rings. The van der Waals surface area contributed by atoms with Crippen LogP contribution in [-0.2, 0) is 27.7 Å². The molecule has 3 aromatic carbocycles. The van der Waals surface area contributed by atoms with Crippen molar-refractivity contribution in [1.29, 1.82) is 0 Å². The third-order valence-corrected chi connectivity index (χ3v) is 7.55. The number of methoxy groups -OCH3 is 1. The van der Waals surface area contributed by atoms with E-state index in [2.05, 4.69) is 4.74 Å². The standard InChI is InChI=1S/C24H20ClNO6S/c1-31-23(27)17-6-8-19(9-7-17)32-24(28)21-14-20(10-11-22(21)25)33(29,30)26-13-12-16-4-2-3-5-18(16)15-26/h2-11,14H,12-13,15H2,1H3. The van der Waals surface area contributed by atoms with Crippen molar-refractivity contribution < 1.29 is 27.5 Å². The van der Waals surface area contributed by atoms with Crippen molar-refractivity contribution in [3.8, 4) is 5.75 Å². The maximum Gasteiger partial charge on any atom is 0.345 e. The Kier molecular flexibility index (Phi) is 6.51. The topological polar surface area (TPSA) is 90.0 Å². The van der Waals surface area contributed by atoms with Crippen LogP contribution in [0.2, 0.25) is 5.02 Å². The van der Waals surface area contributed by atoms with Crippen molar-refractivity contribution >= 4 is 33.6 Å². The Hall–Kier alpha value is -3.20. The molecule has 4 rings (SSSR count). The van der Waals surface area contributed by atoms with Crippen molar-refractivity contribution in [3.63, 3.8) is 0 Å². The first-order valence-corrected chi connectivity index (χ1v) is 11.9. The first-order chi connectivity index (χ1) is 15.8. The molecule has 170 valence electrons. The predicted molar refractivity (Wildman–Crippen MR) is 122 cm³/mol. The number of nitrogens with zero attached hydrogens (tertiary/aromatic N) is 1. The lowest BCUT2D eigenvalue weighted by molar-refractivity contribution is 0.0600. The van der Waals surface area contributed by atoms with Gasteiger partial charge in [-0.2, -0.15) is 4.31 Å². The molecule has 0 saturated heterocycles. The van der Waals surface area contributed by atoms with Crippen LogP contribution in [0.5, 0.6) is 5.75 Å². The van der Waals surface area contributed by atoms with Crippen molar-refractivity contribution in [3.05, 3.63) is 94.0 Å². The fourth-order valence-electron chi connectivity index (χ4n) is 3.58. The Bertz CT molecular complexity index is 1320. The normalized spacial score (nSPS) is 13.8. The number of fused-ring (bicyclic) bond motifs is 1. The summed E-state index contributed by atoms with van der Waals surface area (Å²) >= 11 is 6.18. The Morgan fingerprint density at radius 3 is 2.33 bits per heavy atom. The molecule has 1 aliphatic heterocycles. The summed E-state index contributed by atoms with van der Waals surface area (Å²) in [5.74, 6) is -1.16. The molecule has 3 aromatic rings. The average molecular weight is 486 g/mol. The maximum atomic E-state index is 13.3. The second-order valence-corrected chi connectivity index (χ2v) is 9.75. The summed E-state index contributed by atoms with van der Waals surface area (Å²) < 4.78 is 37.9. The minimum Gasteiger partial charge on any atom is -0.465 e. The number of ether oxygens (including phenoxy) is 2. The molecule has 0 saturated carbocycles. The molecule has 0 atom stereocenters. The van der Waals surface area contributed by atoms with Crippen LogP contribution in [0.15, 0.2) is 71.6 Å². The molecule has 0 N–H and O–H groups in total. The van der Waals surface area contributed by atoms with E-state index in [-0.39, 0.29) is 27.8 Å². The van der Waals surface area contributed by atoms with Crippen LogP contribution in [-0.4, -0.2) is 38.3 Å². The van der Waals surface area contributed by atoms with Crippen molar-refractivity contribution in [2.24, 2.45) is 0 Å². The molecule has 0 amide bonds. The summed E-state index contributed by atoms with van der Waals surface area (Å²) in [5, 5.41) is 0.0640. The zero-order valence-corrected chi connectivity index (χ0v) is 19.2. The van der Waals surface area contributed by atoms with Gasteiger partial charge in [0.25, 0.3) is 0 Å². The smallest absolute Gasteiger partial charge is 0.345 e. The average Bonchev–Trinajstić information content (AvgIpc) is 2.83. The first kappa shape index (κ1) is 23.0. The highest BCUT2D eigenvalue weighted by Crippen LogP contribution is 2.28. The van der Waals surface area contributed by atoms with E-state index in [9.17, 15) is 18.0 Å². The molecule has 33 heavy (non-hydrogen) atoms. The zero-order valence-electron chi connectivity index (χ0n) is 17.7. The summed E-state index contributed by atoms with van der Waals surface area (Å²) in [6.45, 7) is 0.599. The highest BCUT2D eigenvalue weighted by molar-refractivity contribution is 7.89. The van der Waals surface area contributed by atoms with Gasteiger partial charge in [-0.25, -0.2) is 18.0 Å². The Morgan fingerprint density at radius 2 is 1.64 bits per heavy atom. The van der Waals surface area contributed by atoms with E-state index in [0.29, 0.717) is 18.5 Å². The predicted octanol–water partition coefficient (Wildman–Crippen LogP) is 4.09. The SMILES string of the molecule is COC(=O)c1ccc(OC(=O)c2cc(S(=O)(=O)N3CCc4ccccc4C3)ccc2Cl)cc1. The van der Waals surface area contributed by atoms with Gasteiger partial charge in [0.1, 0.15) is 5.75 Å². The van der Waals surface area contributed by atoms with Gasteiger partial charge in [0.15, 0.2) is 0 Å². The van der Waals surface area contributed by atoms with Crippen molar-refractivity contribution in [2.75, 3.05) is 13.7 Å². The monoisotopic (exact) mass is 485 g/mol. The van der Waals surface area contributed by atoms with Gasteiger partial charge in [0, 0.05) is 13.1 Å². The zero-order chi connectivity index (χ0) is 23.6. The van der Waals surface area contributed by atoms with Crippen molar-refractivity contribution in [2.45, 2.75) is 17.9 Å². The maximum absolute atomic E-state index is 13.3. The van der Waals surface area contributed by atoms with E-state index in [0.717, 1.165) is 11.1 Å². The van der Waals surface area contributed by atoms with Crippen LogP contribution in [0, 0.1) is 0 Å². The molecule has 7 nitrogen and oxygen atoms in total. The Morgan fingerprint density at radius 1 is 0.939 bits per heavy atom. The fraction of sp³-hybridized carbons (Fsp3) is 0.167. The van der Waals surface area contributed by atoms with Crippen LogP contribution in [0.4, 0.5) is 0 Å². The quantitative estimate of drug-likeness (QED) is 0.399. The highest BCUT2D eigenvalue weighted by Gasteiger charge is 2.29. The van der Waals surface area contributed by atoms with E-state index in [4.69, 9.17) is 16.3 Å². The summed E-state index contributed by atoms with van der Waals surface area (Å²) in [7, 11) is -2.59. The van der Waals surface area contributed by atoms with Crippen LogP contribution in [0.3, 0.4) is 0 Å². The number of hydrogen-bond donors (Lipinski definition) is 0. The first-order valence-electron chi connectivity index (χ1n) is 10.1. The molecule has 0 unspecified atom stereocenters. The lowest BCUT2D eigenvalue weighted by Crippen LogP contribution is -2.36. The largest absolute Gasteiger partial charge is 0.465 e. The summed E-state index contributed by atoms with van der Waals surface area (Å²) in [4.78, 5) is 24.2. The second-order valence-electron chi connectivity index (χ2n) is 7.40. The molecule has 0 aromatic heterocycles. The number of sulfonamides is 1. The van der Waals surface area contributed by atoms with E-state index < -0.39 is 22.0 Å². The molecule has 1 aliphatic rings. The number of hydrogen-bond acceptors (Lipinski definition) is 6. The summed E-state index contributed by atoms with van der Waals surface area (Å²) in [6, 6.07) is 17.4. The molecule has 0 bridgehead atoms. The third-order valence-electron chi connectivity index (χ3n) is 5.38.